The second kappa shape index (κ2) is 4.09. The summed E-state index contributed by atoms with van der Waals surface area (Å²) in [7, 11) is -1.19. The molecule has 0 spiro atoms. The van der Waals surface area contributed by atoms with Gasteiger partial charge in [-0.3, -0.25) is 4.79 Å². The first-order valence-corrected chi connectivity index (χ1v) is 6.79. The lowest BCUT2D eigenvalue weighted by Crippen LogP contribution is -2.56. The molecule has 1 fully saturated rings. The molecule has 88 valence electrons. The maximum absolute atomic E-state index is 11.9. The van der Waals surface area contributed by atoms with E-state index in [1.807, 2.05) is 0 Å². The predicted octanol–water partition coefficient (Wildman–Crippen LogP) is -0.759. The number of carbonyl (C=O) groups is 1. The Bertz CT molecular complexity index is 334. The topological polar surface area (TPSA) is 66.5 Å². The number of carbonyl (C=O) groups excluding carboxylic acids is 1. The summed E-state index contributed by atoms with van der Waals surface area (Å²) in [6.07, 6.45) is 0. The maximum Gasteiger partial charge on any atom is 0.242 e. The third-order valence-electron chi connectivity index (χ3n) is 2.79. The molecular weight excluding hydrogens is 216 g/mol. The zero-order valence-corrected chi connectivity index (χ0v) is 10.2. The molecule has 0 aromatic rings. The van der Waals surface area contributed by atoms with Crippen LogP contribution in [0, 0.1) is 0 Å². The quantitative estimate of drug-likeness (QED) is 0.682. The van der Waals surface area contributed by atoms with Crippen LogP contribution in [0.2, 0.25) is 0 Å². The average Bonchev–Trinajstić information content (AvgIpc) is 2.17. The maximum atomic E-state index is 11.9. The molecule has 1 amide bonds. The van der Waals surface area contributed by atoms with Crippen molar-refractivity contribution in [3.05, 3.63) is 0 Å². The van der Waals surface area contributed by atoms with Crippen LogP contribution in [0.1, 0.15) is 13.8 Å². The summed E-state index contributed by atoms with van der Waals surface area (Å²) >= 11 is 0. The van der Waals surface area contributed by atoms with Crippen LogP contribution in [0.15, 0.2) is 0 Å². The van der Waals surface area contributed by atoms with Crippen LogP contribution in [-0.4, -0.2) is 56.4 Å². The minimum Gasteiger partial charge on any atom is -0.339 e. The van der Waals surface area contributed by atoms with Gasteiger partial charge in [-0.2, -0.15) is 0 Å². The van der Waals surface area contributed by atoms with E-state index in [1.165, 1.54) is 0 Å². The second-order valence-corrected chi connectivity index (χ2v) is 6.62. The SMILES string of the molecule is CNC(C)(C)C(=O)N1CCS(=O)(=O)CC1. The number of rotatable bonds is 2. The van der Waals surface area contributed by atoms with Gasteiger partial charge in [-0.25, -0.2) is 8.42 Å². The standard InChI is InChI=1S/C9H18N2O3S/c1-9(2,10-3)8(12)11-4-6-15(13,14)7-5-11/h10H,4-7H2,1-3H3. The van der Waals surface area contributed by atoms with E-state index in [4.69, 9.17) is 0 Å². The summed E-state index contributed by atoms with van der Waals surface area (Å²) in [6.45, 7) is 4.20. The number of nitrogens with zero attached hydrogens (tertiary/aromatic N) is 1. The highest BCUT2D eigenvalue weighted by atomic mass is 32.2. The third kappa shape index (κ3) is 2.92. The minimum absolute atomic E-state index is 0.0418. The molecule has 0 atom stereocenters. The van der Waals surface area contributed by atoms with Crippen molar-refractivity contribution in [1.29, 1.82) is 0 Å². The molecule has 0 bridgehead atoms. The summed E-state index contributed by atoms with van der Waals surface area (Å²) in [4.78, 5) is 13.5. The second-order valence-electron chi connectivity index (χ2n) is 4.32. The Labute approximate surface area is 90.7 Å². The van der Waals surface area contributed by atoms with Crippen LogP contribution in [0.3, 0.4) is 0 Å². The minimum atomic E-state index is -2.92. The number of nitrogens with one attached hydrogen (secondary N) is 1. The predicted molar refractivity (Wildman–Crippen MR) is 58.4 cm³/mol. The van der Waals surface area contributed by atoms with Crippen molar-refractivity contribution in [2.45, 2.75) is 19.4 Å². The Balaban J connectivity index is 2.65. The van der Waals surface area contributed by atoms with Crippen molar-refractivity contribution >= 4 is 15.7 Å². The van der Waals surface area contributed by atoms with Crippen molar-refractivity contribution in [3.8, 4) is 0 Å². The Kier molecular flexibility index (Phi) is 3.40. The van der Waals surface area contributed by atoms with Gasteiger partial charge >= 0.3 is 0 Å². The van der Waals surface area contributed by atoms with Crippen molar-refractivity contribution in [2.24, 2.45) is 0 Å². The Morgan fingerprint density at radius 1 is 1.27 bits per heavy atom. The highest BCUT2D eigenvalue weighted by molar-refractivity contribution is 7.91. The molecule has 1 aliphatic heterocycles. The average molecular weight is 234 g/mol. The molecule has 6 heteroatoms. The molecule has 0 aliphatic carbocycles. The Hall–Kier alpha value is -0.620. The first-order valence-electron chi connectivity index (χ1n) is 4.97. The van der Waals surface area contributed by atoms with Crippen LogP contribution in [0.4, 0.5) is 0 Å². The van der Waals surface area contributed by atoms with Gasteiger partial charge in [0.05, 0.1) is 17.0 Å². The van der Waals surface area contributed by atoms with Crippen molar-refractivity contribution < 1.29 is 13.2 Å². The van der Waals surface area contributed by atoms with E-state index >= 15 is 0 Å². The zero-order valence-electron chi connectivity index (χ0n) is 9.41. The van der Waals surface area contributed by atoms with E-state index in [-0.39, 0.29) is 17.4 Å². The number of sulfone groups is 1. The molecule has 5 nitrogen and oxygen atoms in total. The van der Waals surface area contributed by atoms with E-state index in [9.17, 15) is 13.2 Å². The highest BCUT2D eigenvalue weighted by Crippen LogP contribution is 2.11. The summed E-state index contributed by atoms with van der Waals surface area (Å²) in [6, 6.07) is 0. The molecule has 1 aliphatic rings. The van der Waals surface area contributed by atoms with E-state index in [0.717, 1.165) is 0 Å². The van der Waals surface area contributed by atoms with Crippen LogP contribution in [0.25, 0.3) is 0 Å². The summed E-state index contributed by atoms with van der Waals surface area (Å²) < 4.78 is 22.4. The van der Waals surface area contributed by atoms with Gasteiger partial charge in [0.2, 0.25) is 5.91 Å². The van der Waals surface area contributed by atoms with Crippen LogP contribution in [0.5, 0.6) is 0 Å². The summed E-state index contributed by atoms with van der Waals surface area (Å²) in [5.41, 5.74) is -0.624. The number of likely N-dealkylation sites (N-methyl/N-ethyl adjacent to an activating group) is 1. The lowest BCUT2D eigenvalue weighted by Gasteiger charge is -2.33. The van der Waals surface area contributed by atoms with Crippen molar-refractivity contribution in [2.75, 3.05) is 31.6 Å². The molecule has 0 unspecified atom stereocenters. The van der Waals surface area contributed by atoms with E-state index in [2.05, 4.69) is 5.32 Å². The van der Waals surface area contributed by atoms with Crippen molar-refractivity contribution in [3.63, 3.8) is 0 Å². The third-order valence-corrected chi connectivity index (χ3v) is 4.40. The first kappa shape index (κ1) is 12.4. The smallest absolute Gasteiger partial charge is 0.242 e. The summed E-state index contributed by atoms with van der Waals surface area (Å²) in [5.74, 6) is 0.122. The van der Waals surface area contributed by atoms with E-state index < -0.39 is 15.4 Å². The van der Waals surface area contributed by atoms with Gasteiger partial charge in [0.1, 0.15) is 0 Å². The number of amides is 1. The molecular formula is C9H18N2O3S. The van der Waals surface area contributed by atoms with Gasteiger partial charge in [-0.05, 0) is 20.9 Å². The fourth-order valence-corrected chi connectivity index (χ4v) is 2.62. The normalized spacial score (nSPS) is 21.4. The lowest BCUT2D eigenvalue weighted by atomic mass is 10.0. The number of hydrogen-bond acceptors (Lipinski definition) is 4. The first-order chi connectivity index (χ1) is 6.78. The molecule has 15 heavy (non-hydrogen) atoms. The van der Waals surface area contributed by atoms with Gasteiger partial charge < -0.3 is 10.2 Å². The van der Waals surface area contributed by atoms with Gasteiger partial charge in [-0.15, -0.1) is 0 Å². The van der Waals surface area contributed by atoms with Gasteiger partial charge in [0.25, 0.3) is 0 Å². The van der Waals surface area contributed by atoms with Gasteiger partial charge in [-0.1, -0.05) is 0 Å². The molecule has 0 aromatic carbocycles. The summed E-state index contributed by atoms with van der Waals surface area (Å²) in [5, 5.41) is 2.92. The fourth-order valence-electron chi connectivity index (χ4n) is 1.42. The molecule has 0 aromatic heterocycles. The Morgan fingerprint density at radius 3 is 2.13 bits per heavy atom. The fraction of sp³-hybridized carbons (Fsp3) is 0.889. The van der Waals surface area contributed by atoms with Crippen LogP contribution >= 0.6 is 0 Å². The molecule has 1 rings (SSSR count). The van der Waals surface area contributed by atoms with Crippen LogP contribution in [-0.2, 0) is 14.6 Å². The van der Waals surface area contributed by atoms with E-state index in [0.29, 0.717) is 13.1 Å². The molecule has 1 saturated heterocycles. The van der Waals surface area contributed by atoms with Crippen LogP contribution < -0.4 is 5.32 Å². The molecule has 0 saturated carbocycles. The molecule has 1 heterocycles. The largest absolute Gasteiger partial charge is 0.339 e. The van der Waals surface area contributed by atoms with Gasteiger partial charge in [0, 0.05) is 13.1 Å². The molecule has 0 radical (unpaired) electrons. The zero-order chi connectivity index (χ0) is 11.7. The van der Waals surface area contributed by atoms with Crippen molar-refractivity contribution in [1.82, 2.24) is 10.2 Å². The lowest BCUT2D eigenvalue weighted by molar-refractivity contribution is -0.136. The molecule has 1 N–H and O–H groups in total. The highest BCUT2D eigenvalue weighted by Gasteiger charge is 2.33. The van der Waals surface area contributed by atoms with Gasteiger partial charge in [0.15, 0.2) is 9.84 Å². The van der Waals surface area contributed by atoms with E-state index in [1.54, 1.807) is 25.8 Å². The monoisotopic (exact) mass is 234 g/mol. The Morgan fingerprint density at radius 2 is 1.73 bits per heavy atom. The number of hydrogen-bond donors (Lipinski definition) is 1.